The SMILES string of the molecule is C.C.C.C.C=C(C)C(=O)OCC[n+]1ccc(-c2cc[n+](CCOCc3ccccc3)cc2)cc1.C=C(C)C(=O)OCC[n+]1ccc(-c2cc[n+](Cc3ccccc3)cc2)cc1.C=CC.C=CC.C=CC.COCC[n+]1ccc(-c2cc[n+](CCOCc3ccccc3)cc2)cc1.FB(F)F.FB(F)F.FB(F)F.FB(F)F.[Br-].[Br-].[F-].[F-].[F-].[F-]. The molecule has 0 fully saturated rings. The van der Waals surface area contributed by atoms with Gasteiger partial charge in [0.05, 0.1) is 13.2 Å². The third-order valence-corrected chi connectivity index (χ3v) is 13.2. The number of benzene rings is 3. The van der Waals surface area contributed by atoms with Gasteiger partial charge in [0.1, 0.15) is 19.8 Å². The van der Waals surface area contributed by atoms with Crippen molar-refractivity contribution in [3.05, 3.63) is 317 Å². The molecular weight excluding hydrogens is 1700 g/mol. The van der Waals surface area contributed by atoms with Crippen LogP contribution in [0.25, 0.3) is 33.4 Å². The van der Waals surface area contributed by atoms with Crippen molar-refractivity contribution in [1.29, 1.82) is 0 Å². The van der Waals surface area contributed by atoms with E-state index < -0.39 is 30.2 Å². The van der Waals surface area contributed by atoms with Crippen LogP contribution in [0.3, 0.4) is 0 Å². The maximum Gasteiger partial charge on any atom is 0.762 e. The van der Waals surface area contributed by atoms with Crippen LogP contribution in [0.2, 0.25) is 0 Å². The summed E-state index contributed by atoms with van der Waals surface area (Å²) in [6.45, 7) is 34.8. The van der Waals surface area contributed by atoms with Crippen LogP contribution >= 0.6 is 0 Å². The van der Waals surface area contributed by atoms with E-state index in [9.17, 15) is 61.4 Å². The van der Waals surface area contributed by atoms with E-state index in [-0.39, 0.29) is 94.4 Å². The Morgan fingerprint density at radius 3 is 0.703 bits per heavy atom. The second kappa shape index (κ2) is 85.1. The average molecular weight is 1810 g/mol. The van der Waals surface area contributed by atoms with Gasteiger partial charge in [-0.3, -0.25) is 51.8 Å². The Kier molecular flexibility index (Phi) is 94.9. The lowest BCUT2D eigenvalue weighted by Gasteiger charge is -2.04. The summed E-state index contributed by atoms with van der Waals surface area (Å²) in [4.78, 5) is 22.8. The number of methoxy groups -OCH3 is 1. The van der Waals surface area contributed by atoms with E-state index in [0.717, 1.165) is 49.5 Å². The second-order valence-electron chi connectivity index (χ2n) is 22.0. The highest BCUT2D eigenvalue weighted by Crippen LogP contribution is 2.18. The van der Waals surface area contributed by atoms with E-state index in [1.54, 1.807) is 39.2 Å². The number of rotatable bonds is 26. The lowest BCUT2D eigenvalue weighted by molar-refractivity contribution is -0.698. The summed E-state index contributed by atoms with van der Waals surface area (Å²) in [5.41, 5.74) is 11.5. The summed E-state index contributed by atoms with van der Waals surface area (Å²) in [5.74, 6) is -0.699. The lowest BCUT2D eigenvalue weighted by Crippen LogP contribution is -3.00. The number of nitrogens with zero attached hydrogens (tertiary/aromatic N) is 6. The fourth-order valence-corrected chi connectivity index (χ4v) is 8.34. The van der Waals surface area contributed by atoms with Crippen LogP contribution in [0.4, 0.5) is 51.8 Å². The highest BCUT2D eigenvalue weighted by Gasteiger charge is 2.13. The molecule has 0 atom stereocenters. The van der Waals surface area contributed by atoms with Crippen LogP contribution in [-0.4, -0.2) is 82.3 Å². The molecule has 35 heteroatoms. The molecule has 0 saturated carbocycles. The first-order valence-corrected chi connectivity index (χ1v) is 33.5. The lowest BCUT2D eigenvalue weighted by atomic mass is 10.1. The Balaban J connectivity index is -0.000000136. The van der Waals surface area contributed by atoms with Crippen LogP contribution in [0, 0.1) is 0 Å². The molecule has 0 aliphatic heterocycles. The Morgan fingerprint density at radius 2 is 0.508 bits per heavy atom. The number of carbonyl (C=O) groups is 2. The van der Waals surface area contributed by atoms with Crippen LogP contribution < -0.4 is 80.2 Å². The molecule has 0 bridgehead atoms. The molecule has 0 aliphatic rings. The first-order chi connectivity index (χ1) is 51.7. The van der Waals surface area contributed by atoms with Crippen LogP contribution in [-0.2, 0) is 85.8 Å². The zero-order chi connectivity index (χ0) is 80.7. The summed E-state index contributed by atoms with van der Waals surface area (Å²) in [5, 5.41) is 0. The molecular formula is C83H112B4Br2F16N6O7. The molecule has 0 radical (unpaired) electrons. The number of hydrogen-bond donors (Lipinski definition) is 0. The minimum Gasteiger partial charge on any atom is -1.00 e. The molecule has 13 nitrogen and oxygen atoms in total. The third kappa shape index (κ3) is 71.5. The molecule has 6 aromatic heterocycles. The maximum atomic E-state index is 11.4. The summed E-state index contributed by atoms with van der Waals surface area (Å²) in [7, 11) is -12.9. The van der Waals surface area contributed by atoms with Crippen molar-refractivity contribution < 1.29 is 165 Å². The molecule has 118 heavy (non-hydrogen) atoms. The third-order valence-electron chi connectivity index (χ3n) is 13.2. The number of ether oxygens (including phenoxy) is 5. The predicted molar refractivity (Wildman–Crippen MR) is 429 cm³/mol. The van der Waals surface area contributed by atoms with Crippen molar-refractivity contribution in [2.75, 3.05) is 40.1 Å². The number of hydrogen-bond acceptors (Lipinski definition) is 7. The zero-order valence-corrected chi connectivity index (χ0v) is 67.3. The zero-order valence-electron chi connectivity index (χ0n) is 64.1. The maximum absolute atomic E-state index is 11.4. The minimum atomic E-state index is -3.67. The highest BCUT2D eigenvalue weighted by molar-refractivity contribution is 6.34. The Morgan fingerprint density at radius 1 is 0.331 bits per heavy atom. The van der Waals surface area contributed by atoms with Crippen molar-refractivity contribution >= 4 is 42.1 Å². The number of esters is 2. The summed E-state index contributed by atoms with van der Waals surface area (Å²) >= 11 is 0. The Bertz CT molecular complexity index is 3790. The van der Waals surface area contributed by atoms with E-state index in [4.69, 9.17) is 23.7 Å². The molecule has 3 aromatic carbocycles. The van der Waals surface area contributed by atoms with Gasteiger partial charge >= 0.3 is 42.1 Å². The van der Waals surface area contributed by atoms with Gasteiger partial charge in [0.15, 0.2) is 127 Å². The van der Waals surface area contributed by atoms with Crippen molar-refractivity contribution in [2.24, 2.45) is 0 Å². The summed E-state index contributed by atoms with van der Waals surface area (Å²) < 4.78 is 155. The van der Waals surface area contributed by atoms with Crippen molar-refractivity contribution in [1.82, 2.24) is 0 Å². The van der Waals surface area contributed by atoms with E-state index >= 15 is 0 Å². The first kappa shape index (κ1) is 132. The molecule has 0 spiro atoms. The highest BCUT2D eigenvalue weighted by atomic mass is 79.9. The topological polar surface area (TPSA) is 104 Å². The van der Waals surface area contributed by atoms with Crippen molar-refractivity contribution in [2.45, 2.75) is 117 Å². The standard InChI is InChI=1S/C25H28N2O3.C23H24N2O2.C22H26N2O2.3C3H6.4CH4.4BF3.2BrH.4FH/c1-21(2)25(28)30-19-17-27-14-10-24(11-15-27)23-8-12-26(13-9-23)16-18-29-20-22-6-4-3-5-7-22;1-19(2)23(26)27-17-16-24-12-8-21(9-13-24)22-10-14-25(15-11-22)18-20-6-4-3-5-7-20;1-25-17-15-23-11-7-21(8-12-23)22-9-13-24(14-10-22)16-18-26-19-20-5-3-2-4-6-20;3*1-3-2;;;;;4*2-1(3)4;;;;;;/h3-15H,1,16-20H2,2H3;3-15H,1,16-18H2,2H3;2-14H,15-19H2,1H3;3*3H,1H2,2H3;4*1H4;;;;;6*1H/q3*+2;;;;;;;;;;;;;;;;;/p-6. The van der Waals surface area contributed by atoms with Crippen molar-refractivity contribution in [3.8, 4) is 33.4 Å². The molecule has 0 N–H and O–H groups in total. The smallest absolute Gasteiger partial charge is 0.762 e. The van der Waals surface area contributed by atoms with Crippen LogP contribution in [0.1, 0.15) is 81.0 Å². The Labute approximate surface area is 711 Å². The number of halogens is 18. The van der Waals surface area contributed by atoms with Gasteiger partial charge in [0, 0.05) is 96.6 Å². The number of pyridine rings is 6. The predicted octanol–water partition coefficient (Wildman–Crippen LogP) is 0.817. The molecule has 0 saturated heterocycles. The van der Waals surface area contributed by atoms with Gasteiger partial charge in [-0.25, -0.2) is 37.0 Å². The molecule has 0 amide bonds. The van der Waals surface area contributed by atoms with Gasteiger partial charge in [-0.2, -0.15) is 0 Å². The molecule has 6 heterocycles. The van der Waals surface area contributed by atoms with Gasteiger partial charge in [0.25, 0.3) is 0 Å². The molecule has 0 unspecified atom stereocenters. The monoisotopic (exact) mass is 1810 g/mol. The second-order valence-corrected chi connectivity index (χ2v) is 22.0. The van der Waals surface area contributed by atoms with E-state index in [1.165, 1.54) is 33.4 Å². The van der Waals surface area contributed by atoms with Gasteiger partial charge in [-0.05, 0) is 79.1 Å². The summed E-state index contributed by atoms with van der Waals surface area (Å²) in [6, 6.07) is 56.1. The first-order valence-electron chi connectivity index (χ1n) is 33.5. The summed E-state index contributed by atoms with van der Waals surface area (Å²) in [6.07, 6.45) is 29.9. The van der Waals surface area contributed by atoms with E-state index in [0.29, 0.717) is 63.9 Å². The molecule has 9 rings (SSSR count). The fourth-order valence-electron chi connectivity index (χ4n) is 8.34. The van der Waals surface area contributed by atoms with Crippen molar-refractivity contribution in [3.63, 3.8) is 0 Å². The van der Waals surface area contributed by atoms with Gasteiger partial charge < -0.3 is 76.5 Å². The molecule has 0 aliphatic carbocycles. The normalized spacial score (nSPS) is 8.69. The molecule has 654 valence electrons. The number of allylic oxidation sites excluding steroid dienone is 3. The van der Waals surface area contributed by atoms with E-state index in [2.05, 4.69) is 222 Å². The number of carbonyl (C=O) groups excluding carboxylic acids is 2. The largest absolute Gasteiger partial charge is 1.00 e. The quantitative estimate of drug-likeness (QED) is 0.0151. The van der Waals surface area contributed by atoms with Crippen LogP contribution in [0.15, 0.2) is 300 Å². The van der Waals surface area contributed by atoms with Gasteiger partial charge in [-0.15, -0.1) is 19.7 Å². The Hall–Kier alpha value is -9.82. The van der Waals surface area contributed by atoms with E-state index in [1.807, 2.05) is 97.2 Å². The van der Waals surface area contributed by atoms with Crippen LogP contribution in [0.5, 0.6) is 0 Å². The molecule has 9 aromatic rings. The average Bonchev–Trinajstić information content (AvgIpc) is 0.862. The van der Waals surface area contributed by atoms with Gasteiger partial charge in [0.2, 0.25) is 0 Å². The fraction of sp³-hybridized carbons (Fsp3) is 0.277. The minimum absolute atomic E-state index is 0. The number of aromatic nitrogens is 6. The van der Waals surface area contributed by atoms with Gasteiger partial charge in [-0.1, -0.05) is 152 Å².